The minimum atomic E-state index is -1.01. The minimum Gasteiger partial charge on any atom is -0.504 e. The lowest BCUT2D eigenvalue weighted by molar-refractivity contribution is -0.0657. The summed E-state index contributed by atoms with van der Waals surface area (Å²) in [5.41, 5.74) is 9.24. The molecule has 0 spiro atoms. The maximum absolute atomic E-state index is 11.9. The van der Waals surface area contributed by atoms with E-state index in [0.717, 1.165) is 27.7 Å². The van der Waals surface area contributed by atoms with E-state index in [9.17, 15) is 15.3 Å². The Balaban J connectivity index is 1.79. The molecule has 0 amide bonds. The van der Waals surface area contributed by atoms with Crippen LogP contribution in [-0.2, 0) is 24.7 Å². The van der Waals surface area contributed by atoms with Crippen molar-refractivity contribution in [2.45, 2.75) is 43.1 Å². The summed E-state index contributed by atoms with van der Waals surface area (Å²) >= 11 is 0. The van der Waals surface area contributed by atoms with Gasteiger partial charge in [-0.2, -0.15) is 0 Å². The molecule has 27 heavy (non-hydrogen) atoms. The maximum atomic E-state index is 11.9. The highest BCUT2D eigenvalue weighted by Crippen LogP contribution is 2.57. The summed E-state index contributed by atoms with van der Waals surface area (Å²) in [6.45, 7) is 0.395. The van der Waals surface area contributed by atoms with Crippen LogP contribution in [0.5, 0.6) is 11.5 Å². The molecule has 5 rings (SSSR count). The van der Waals surface area contributed by atoms with Crippen LogP contribution in [0.25, 0.3) is 10.9 Å². The highest BCUT2D eigenvalue weighted by molar-refractivity contribution is 5.85. The number of phenols is 2. The first-order valence-electron chi connectivity index (χ1n) is 9.54. The van der Waals surface area contributed by atoms with E-state index < -0.39 is 11.0 Å². The van der Waals surface area contributed by atoms with Crippen LogP contribution >= 0.6 is 0 Å². The number of fused-ring (bicyclic) bond motifs is 6. The maximum Gasteiger partial charge on any atom is 0.161 e. The van der Waals surface area contributed by atoms with Gasteiger partial charge < -0.3 is 26.0 Å². The molecule has 0 radical (unpaired) electrons. The number of aryl methyl sites for hydroxylation is 1. The Hall–Kier alpha value is -2.50. The summed E-state index contributed by atoms with van der Waals surface area (Å²) in [4.78, 5) is 3.52. The molecule has 2 aliphatic carbocycles. The molecule has 0 saturated heterocycles. The van der Waals surface area contributed by atoms with E-state index in [1.165, 1.54) is 6.07 Å². The smallest absolute Gasteiger partial charge is 0.161 e. The predicted molar refractivity (Wildman–Crippen MR) is 104 cm³/mol. The van der Waals surface area contributed by atoms with Crippen molar-refractivity contribution in [2.24, 2.45) is 5.73 Å². The molecule has 2 aromatic carbocycles. The van der Waals surface area contributed by atoms with Gasteiger partial charge in [-0.05, 0) is 49.1 Å². The lowest BCUT2D eigenvalue weighted by atomic mass is 9.52. The molecule has 6 N–H and O–H groups in total. The zero-order chi connectivity index (χ0) is 18.8. The van der Waals surface area contributed by atoms with Crippen molar-refractivity contribution >= 4 is 10.9 Å². The molecular weight excluding hydrogens is 340 g/mol. The monoisotopic (exact) mass is 364 g/mol. The number of hydrogen-bond acceptors (Lipinski definition) is 4. The average molecular weight is 364 g/mol. The van der Waals surface area contributed by atoms with Gasteiger partial charge in [-0.25, -0.2) is 0 Å². The second-order valence-electron chi connectivity index (χ2n) is 8.10. The number of para-hydroxylation sites is 1. The van der Waals surface area contributed by atoms with E-state index in [0.29, 0.717) is 44.2 Å². The molecule has 0 aliphatic heterocycles. The van der Waals surface area contributed by atoms with Gasteiger partial charge in [0.2, 0.25) is 0 Å². The van der Waals surface area contributed by atoms with Crippen LogP contribution in [0.3, 0.4) is 0 Å². The first kappa shape index (κ1) is 16.7. The van der Waals surface area contributed by atoms with Gasteiger partial charge in [0.15, 0.2) is 11.5 Å². The lowest BCUT2D eigenvalue weighted by Crippen LogP contribution is -2.60. The molecule has 1 aromatic heterocycles. The standard InChI is InChI=1S/C22H24N2O3/c23-10-9-21-12-17-15(14-3-1-2-4-16(14)24-17)11-22(21,27)8-7-13-5-6-18(25)20(26)19(13)21/h1-6,24-27H,7-12,23H2. The highest BCUT2D eigenvalue weighted by atomic mass is 16.3. The zero-order valence-electron chi connectivity index (χ0n) is 15.1. The van der Waals surface area contributed by atoms with Crippen LogP contribution in [0.15, 0.2) is 36.4 Å². The number of phenolic OH excluding ortho intramolecular Hbond substituents is 2. The molecule has 0 bridgehead atoms. The molecular formula is C22H24N2O3. The number of rotatable bonds is 2. The van der Waals surface area contributed by atoms with Crippen molar-refractivity contribution < 1.29 is 15.3 Å². The second kappa shape index (κ2) is 5.50. The van der Waals surface area contributed by atoms with Crippen LogP contribution in [0, 0.1) is 0 Å². The largest absolute Gasteiger partial charge is 0.504 e. The fraction of sp³-hybridized carbons (Fsp3) is 0.364. The third kappa shape index (κ3) is 2.07. The number of benzene rings is 2. The van der Waals surface area contributed by atoms with E-state index in [-0.39, 0.29) is 11.5 Å². The van der Waals surface area contributed by atoms with Crippen molar-refractivity contribution in [2.75, 3.05) is 6.54 Å². The van der Waals surface area contributed by atoms with Crippen molar-refractivity contribution in [3.8, 4) is 11.5 Å². The number of aliphatic hydroxyl groups is 1. The average Bonchev–Trinajstić information content (AvgIpc) is 2.99. The zero-order valence-corrected chi connectivity index (χ0v) is 15.1. The number of H-pyrrole nitrogens is 1. The molecule has 1 heterocycles. The first-order chi connectivity index (χ1) is 13.0. The van der Waals surface area contributed by atoms with Gasteiger partial charge in [-0.1, -0.05) is 24.3 Å². The Morgan fingerprint density at radius 2 is 1.89 bits per heavy atom. The fourth-order valence-corrected chi connectivity index (χ4v) is 5.58. The summed E-state index contributed by atoms with van der Waals surface area (Å²) in [5, 5.41) is 34.0. The normalized spacial score (nSPS) is 26.4. The number of nitrogens with two attached hydrogens (primary N) is 1. The number of aromatic hydroxyl groups is 2. The predicted octanol–water partition coefficient (Wildman–Crippen LogP) is 2.64. The minimum absolute atomic E-state index is 0.112. The number of hydrogen-bond donors (Lipinski definition) is 5. The third-order valence-corrected chi connectivity index (χ3v) is 6.84. The van der Waals surface area contributed by atoms with E-state index >= 15 is 0 Å². The van der Waals surface area contributed by atoms with Crippen molar-refractivity contribution in [3.05, 3.63) is 58.8 Å². The Morgan fingerprint density at radius 3 is 2.70 bits per heavy atom. The lowest BCUT2D eigenvalue weighted by Gasteiger charge is -2.54. The fourth-order valence-electron chi connectivity index (χ4n) is 5.58. The summed E-state index contributed by atoms with van der Waals surface area (Å²) in [6, 6.07) is 11.6. The topological polar surface area (TPSA) is 103 Å². The van der Waals surface area contributed by atoms with Gasteiger partial charge in [-0.3, -0.25) is 0 Å². The molecule has 5 heteroatoms. The van der Waals surface area contributed by atoms with Gasteiger partial charge in [0.05, 0.1) is 5.60 Å². The summed E-state index contributed by atoms with van der Waals surface area (Å²) in [7, 11) is 0. The third-order valence-electron chi connectivity index (χ3n) is 6.84. The van der Waals surface area contributed by atoms with Crippen LogP contribution in [-0.4, -0.2) is 32.4 Å². The van der Waals surface area contributed by atoms with Crippen molar-refractivity contribution in [1.29, 1.82) is 0 Å². The number of aromatic nitrogens is 1. The van der Waals surface area contributed by atoms with Crippen LogP contribution < -0.4 is 5.73 Å². The number of aromatic amines is 1. The Labute approximate surface area is 157 Å². The summed E-state index contributed by atoms with van der Waals surface area (Å²) < 4.78 is 0. The molecule has 0 fully saturated rings. The molecule has 2 aliphatic rings. The quantitative estimate of drug-likeness (QED) is 0.451. The van der Waals surface area contributed by atoms with E-state index in [1.807, 2.05) is 24.3 Å². The highest BCUT2D eigenvalue weighted by Gasteiger charge is 2.58. The van der Waals surface area contributed by atoms with Crippen LogP contribution in [0.2, 0.25) is 0 Å². The second-order valence-corrected chi connectivity index (χ2v) is 8.10. The van der Waals surface area contributed by atoms with Gasteiger partial charge in [0, 0.05) is 40.4 Å². The Morgan fingerprint density at radius 1 is 1.07 bits per heavy atom. The summed E-state index contributed by atoms with van der Waals surface area (Å²) in [5.74, 6) is -0.254. The SMILES string of the molecule is NCCC12Cc3[nH]c4ccccc4c3CC1(O)CCc1ccc(O)c(O)c12. The molecule has 2 unspecified atom stereocenters. The molecule has 0 saturated carbocycles. The Bertz CT molecular complexity index is 1060. The van der Waals surface area contributed by atoms with Gasteiger partial charge >= 0.3 is 0 Å². The molecule has 5 nitrogen and oxygen atoms in total. The van der Waals surface area contributed by atoms with Crippen molar-refractivity contribution in [3.63, 3.8) is 0 Å². The molecule has 140 valence electrons. The molecule has 2 atom stereocenters. The van der Waals surface area contributed by atoms with Gasteiger partial charge in [0.1, 0.15) is 0 Å². The summed E-state index contributed by atoms with van der Waals surface area (Å²) in [6.07, 6.45) is 2.91. The van der Waals surface area contributed by atoms with Gasteiger partial charge in [-0.15, -0.1) is 0 Å². The van der Waals surface area contributed by atoms with E-state index in [4.69, 9.17) is 5.73 Å². The van der Waals surface area contributed by atoms with E-state index in [2.05, 4.69) is 11.1 Å². The first-order valence-corrected chi connectivity index (χ1v) is 9.54. The van der Waals surface area contributed by atoms with Crippen molar-refractivity contribution in [1.82, 2.24) is 4.98 Å². The van der Waals surface area contributed by atoms with Crippen LogP contribution in [0.4, 0.5) is 0 Å². The van der Waals surface area contributed by atoms with E-state index in [1.54, 1.807) is 0 Å². The van der Waals surface area contributed by atoms with Gasteiger partial charge in [0.25, 0.3) is 0 Å². The molecule has 3 aromatic rings. The Kier molecular flexibility index (Phi) is 3.39. The van der Waals surface area contributed by atoms with Crippen LogP contribution in [0.1, 0.15) is 35.2 Å². The number of nitrogens with one attached hydrogen (secondary N) is 1.